The number of nitrogens with zero attached hydrogens (tertiary/aromatic N) is 3. The molecule has 2 rings (SSSR count). The van der Waals surface area contributed by atoms with Gasteiger partial charge >= 0.3 is 0 Å². The largest absolute Gasteiger partial charge is 0.378 e. The van der Waals surface area contributed by atoms with Gasteiger partial charge in [-0.15, -0.1) is 0 Å². The van der Waals surface area contributed by atoms with Crippen LogP contribution in [0, 0.1) is 0 Å². The molecule has 1 amide bonds. The van der Waals surface area contributed by atoms with Crippen LogP contribution >= 0.6 is 0 Å². The molecule has 0 saturated carbocycles. The Bertz CT molecular complexity index is 379. The number of imidazole rings is 1. The molecule has 0 radical (unpaired) electrons. The molecule has 1 saturated heterocycles. The molecule has 100 valence electrons. The van der Waals surface area contributed by atoms with Gasteiger partial charge in [-0.3, -0.25) is 9.69 Å². The number of hydrogen-bond acceptors (Lipinski definition) is 4. The van der Waals surface area contributed by atoms with E-state index < -0.39 is 0 Å². The van der Waals surface area contributed by atoms with E-state index in [1.165, 1.54) is 0 Å². The minimum atomic E-state index is -0.00185. The van der Waals surface area contributed by atoms with Crippen molar-refractivity contribution in [1.82, 2.24) is 19.8 Å². The van der Waals surface area contributed by atoms with Crippen molar-refractivity contribution in [3.8, 4) is 0 Å². The highest BCUT2D eigenvalue weighted by Gasteiger charge is 2.32. The Kier molecular flexibility index (Phi) is 4.33. The van der Waals surface area contributed by atoms with E-state index in [4.69, 9.17) is 4.74 Å². The number of methoxy groups -OCH3 is 1. The number of rotatable bonds is 5. The number of aromatic nitrogens is 2. The summed E-state index contributed by atoms with van der Waals surface area (Å²) in [5.41, 5.74) is 0. The normalized spacial score (nSPS) is 24.3. The average Bonchev–Trinajstić information content (AvgIpc) is 2.98. The third-order valence-electron chi connectivity index (χ3n) is 3.32. The molecule has 0 aromatic carbocycles. The number of carbonyl (C=O) groups excluding carboxylic acids is 1. The van der Waals surface area contributed by atoms with Gasteiger partial charge in [0.2, 0.25) is 5.91 Å². The lowest BCUT2D eigenvalue weighted by Gasteiger charge is -2.18. The van der Waals surface area contributed by atoms with E-state index in [-0.39, 0.29) is 18.1 Å². The predicted molar refractivity (Wildman–Crippen MR) is 67.1 cm³/mol. The Labute approximate surface area is 107 Å². The van der Waals surface area contributed by atoms with Crippen molar-refractivity contribution in [3.63, 3.8) is 0 Å². The number of amides is 1. The van der Waals surface area contributed by atoms with Crippen LogP contribution in [0.25, 0.3) is 0 Å². The van der Waals surface area contributed by atoms with Gasteiger partial charge in [0.15, 0.2) is 0 Å². The third-order valence-corrected chi connectivity index (χ3v) is 3.32. The summed E-state index contributed by atoms with van der Waals surface area (Å²) >= 11 is 0. The van der Waals surface area contributed by atoms with Crippen LogP contribution in [0.1, 0.15) is 6.92 Å². The van der Waals surface area contributed by atoms with Crippen LogP contribution in [0.3, 0.4) is 0 Å². The topological polar surface area (TPSA) is 59.4 Å². The van der Waals surface area contributed by atoms with E-state index in [2.05, 4.69) is 22.1 Å². The molecule has 1 aromatic rings. The monoisotopic (exact) mass is 252 g/mol. The van der Waals surface area contributed by atoms with Gasteiger partial charge in [0.05, 0.1) is 18.5 Å². The molecular formula is C12H20N4O2. The SMILES string of the molecule is CCN1C[C@H](NC(=O)Cn2ccnc2)[C@@H](OC)C1. The Balaban J connectivity index is 1.86. The molecule has 1 aromatic heterocycles. The molecule has 0 spiro atoms. The second-order valence-corrected chi connectivity index (χ2v) is 4.54. The van der Waals surface area contributed by atoms with Crippen molar-refractivity contribution < 1.29 is 9.53 Å². The number of carbonyl (C=O) groups is 1. The summed E-state index contributed by atoms with van der Waals surface area (Å²) in [6.07, 6.45) is 5.16. The van der Waals surface area contributed by atoms with E-state index in [1.807, 2.05) is 0 Å². The maximum Gasteiger partial charge on any atom is 0.240 e. The minimum absolute atomic E-state index is 0.00185. The Hall–Kier alpha value is -1.40. The highest BCUT2D eigenvalue weighted by atomic mass is 16.5. The first kappa shape index (κ1) is 13.0. The van der Waals surface area contributed by atoms with E-state index in [9.17, 15) is 4.79 Å². The lowest BCUT2D eigenvalue weighted by Crippen LogP contribution is -2.44. The maximum atomic E-state index is 11.9. The fourth-order valence-electron chi connectivity index (χ4n) is 2.29. The summed E-state index contributed by atoms with van der Waals surface area (Å²) < 4.78 is 7.17. The van der Waals surface area contributed by atoms with Gasteiger partial charge in [0, 0.05) is 32.6 Å². The molecule has 18 heavy (non-hydrogen) atoms. The van der Waals surface area contributed by atoms with Crippen LogP contribution in [0.2, 0.25) is 0 Å². The summed E-state index contributed by atoms with van der Waals surface area (Å²) in [7, 11) is 1.69. The Morgan fingerprint density at radius 2 is 2.39 bits per heavy atom. The van der Waals surface area contributed by atoms with Crippen molar-refractivity contribution in [2.24, 2.45) is 0 Å². The standard InChI is InChI=1S/C12H20N4O2/c1-3-15-6-10(11(7-15)18-2)14-12(17)8-16-5-4-13-9-16/h4-5,9-11H,3,6-8H2,1-2H3,(H,14,17)/t10-,11-/m0/s1. The van der Waals surface area contributed by atoms with Gasteiger partial charge in [-0.1, -0.05) is 6.92 Å². The molecule has 1 N–H and O–H groups in total. The quantitative estimate of drug-likeness (QED) is 0.783. The summed E-state index contributed by atoms with van der Waals surface area (Å²) in [4.78, 5) is 18.1. The van der Waals surface area contributed by atoms with E-state index in [0.29, 0.717) is 6.54 Å². The zero-order valence-corrected chi connectivity index (χ0v) is 10.9. The molecule has 0 aliphatic carbocycles. The summed E-state index contributed by atoms with van der Waals surface area (Å²) in [5, 5.41) is 3.03. The van der Waals surface area contributed by atoms with E-state index in [0.717, 1.165) is 19.6 Å². The lowest BCUT2D eigenvalue weighted by atomic mass is 10.2. The highest BCUT2D eigenvalue weighted by Crippen LogP contribution is 2.12. The fraction of sp³-hybridized carbons (Fsp3) is 0.667. The molecule has 1 fully saturated rings. The lowest BCUT2D eigenvalue weighted by molar-refractivity contribution is -0.123. The zero-order valence-electron chi connectivity index (χ0n) is 10.9. The summed E-state index contributed by atoms with van der Waals surface area (Å²) in [6.45, 7) is 5.13. The second-order valence-electron chi connectivity index (χ2n) is 4.54. The first-order chi connectivity index (χ1) is 8.72. The zero-order chi connectivity index (χ0) is 13.0. The van der Waals surface area contributed by atoms with Crippen LogP contribution in [0.4, 0.5) is 0 Å². The smallest absolute Gasteiger partial charge is 0.240 e. The summed E-state index contributed by atoms with van der Waals surface area (Å²) in [6, 6.07) is 0.0750. The minimum Gasteiger partial charge on any atom is -0.378 e. The Morgan fingerprint density at radius 1 is 1.56 bits per heavy atom. The maximum absolute atomic E-state index is 11.9. The van der Waals surface area contributed by atoms with Crippen LogP contribution in [-0.2, 0) is 16.1 Å². The number of ether oxygens (including phenoxy) is 1. The van der Waals surface area contributed by atoms with Crippen molar-refractivity contribution in [1.29, 1.82) is 0 Å². The van der Waals surface area contributed by atoms with Crippen LogP contribution in [-0.4, -0.2) is 59.2 Å². The molecule has 6 heteroatoms. The van der Waals surface area contributed by atoms with Crippen molar-refractivity contribution >= 4 is 5.91 Å². The van der Waals surface area contributed by atoms with Crippen LogP contribution < -0.4 is 5.32 Å². The second kappa shape index (κ2) is 5.97. The number of hydrogen-bond donors (Lipinski definition) is 1. The van der Waals surface area contributed by atoms with E-state index in [1.54, 1.807) is 30.4 Å². The number of likely N-dealkylation sites (N-methyl/N-ethyl adjacent to an activating group) is 1. The van der Waals surface area contributed by atoms with Crippen molar-refractivity contribution in [2.45, 2.75) is 25.6 Å². The van der Waals surface area contributed by atoms with Gasteiger partial charge in [-0.2, -0.15) is 0 Å². The predicted octanol–water partition coefficient (Wildman–Crippen LogP) is -0.282. The van der Waals surface area contributed by atoms with Gasteiger partial charge < -0.3 is 14.6 Å². The molecule has 6 nitrogen and oxygen atoms in total. The van der Waals surface area contributed by atoms with Crippen molar-refractivity contribution in [3.05, 3.63) is 18.7 Å². The van der Waals surface area contributed by atoms with Crippen molar-refractivity contribution in [2.75, 3.05) is 26.7 Å². The molecule has 1 aliphatic heterocycles. The van der Waals surface area contributed by atoms with Gasteiger partial charge in [0.1, 0.15) is 6.54 Å². The first-order valence-corrected chi connectivity index (χ1v) is 6.23. The number of nitrogens with one attached hydrogen (secondary N) is 1. The molecule has 0 bridgehead atoms. The average molecular weight is 252 g/mol. The van der Waals surface area contributed by atoms with Gasteiger partial charge in [-0.25, -0.2) is 4.98 Å². The van der Waals surface area contributed by atoms with Crippen LogP contribution in [0.15, 0.2) is 18.7 Å². The highest BCUT2D eigenvalue weighted by molar-refractivity contribution is 5.76. The fourth-order valence-corrected chi connectivity index (χ4v) is 2.29. The first-order valence-electron chi connectivity index (χ1n) is 6.23. The number of likely N-dealkylation sites (tertiary alicyclic amines) is 1. The Morgan fingerprint density at radius 3 is 3.00 bits per heavy atom. The molecule has 1 aliphatic rings. The van der Waals surface area contributed by atoms with Gasteiger partial charge in [0.25, 0.3) is 0 Å². The molecular weight excluding hydrogens is 232 g/mol. The van der Waals surface area contributed by atoms with Crippen LogP contribution in [0.5, 0.6) is 0 Å². The third kappa shape index (κ3) is 3.08. The molecule has 2 heterocycles. The summed E-state index contributed by atoms with van der Waals surface area (Å²) in [5.74, 6) is -0.00185. The van der Waals surface area contributed by atoms with E-state index >= 15 is 0 Å². The van der Waals surface area contributed by atoms with Gasteiger partial charge in [-0.05, 0) is 6.54 Å². The molecule has 2 atom stereocenters. The molecule has 0 unspecified atom stereocenters.